The van der Waals surface area contributed by atoms with Gasteiger partial charge in [-0.05, 0) is 36.8 Å². The summed E-state index contributed by atoms with van der Waals surface area (Å²) in [6.45, 7) is 1.87. The van der Waals surface area contributed by atoms with E-state index in [0.29, 0.717) is 11.3 Å². The topological polar surface area (TPSA) is 97.4 Å². The Hall–Kier alpha value is -3.42. The van der Waals surface area contributed by atoms with Crippen molar-refractivity contribution in [2.45, 2.75) is 13.5 Å². The molecule has 25 heavy (non-hydrogen) atoms. The molecule has 2 N–H and O–H groups in total. The maximum absolute atomic E-state index is 13.0. The summed E-state index contributed by atoms with van der Waals surface area (Å²) in [7, 11) is 0. The zero-order valence-electron chi connectivity index (χ0n) is 13.2. The van der Waals surface area contributed by atoms with Crippen LogP contribution in [0.2, 0.25) is 0 Å². The molecule has 3 rings (SSSR count). The zero-order valence-corrected chi connectivity index (χ0v) is 13.2. The molecule has 0 radical (unpaired) electrons. The largest absolute Gasteiger partial charge is 0.476 e. The van der Waals surface area contributed by atoms with Gasteiger partial charge in [0.25, 0.3) is 5.91 Å². The second-order valence-electron chi connectivity index (χ2n) is 5.37. The van der Waals surface area contributed by atoms with Crippen LogP contribution in [0.15, 0.2) is 46.9 Å². The molecule has 0 bridgehead atoms. The van der Waals surface area contributed by atoms with E-state index in [1.165, 1.54) is 28.9 Å². The van der Waals surface area contributed by atoms with E-state index >= 15 is 0 Å². The Labute approximate surface area is 141 Å². The number of furan rings is 1. The van der Waals surface area contributed by atoms with Crippen LogP contribution < -0.4 is 5.32 Å². The number of benzene rings is 1. The second kappa shape index (κ2) is 6.60. The third-order valence-electron chi connectivity index (χ3n) is 3.45. The lowest BCUT2D eigenvalue weighted by molar-refractivity contribution is 0.0689. The molecule has 3 aromatic rings. The Balaban J connectivity index is 1.87. The van der Waals surface area contributed by atoms with Crippen molar-refractivity contribution in [2.75, 3.05) is 5.32 Å². The fraction of sp³-hybridized carbons (Fsp3) is 0.118. The number of hydrogen-bond acceptors (Lipinski definition) is 4. The van der Waals surface area contributed by atoms with Gasteiger partial charge in [-0.1, -0.05) is 12.1 Å². The minimum Gasteiger partial charge on any atom is -0.476 e. The molecule has 7 nitrogen and oxygen atoms in total. The van der Waals surface area contributed by atoms with Crippen molar-refractivity contribution in [1.29, 1.82) is 0 Å². The molecule has 128 valence electrons. The van der Waals surface area contributed by atoms with Gasteiger partial charge in [-0.15, -0.1) is 0 Å². The number of nitrogens with one attached hydrogen (secondary N) is 1. The van der Waals surface area contributed by atoms with Crippen LogP contribution in [0.4, 0.5) is 10.2 Å². The lowest BCUT2D eigenvalue weighted by Crippen LogP contribution is -2.15. The Morgan fingerprint density at radius 1 is 1.24 bits per heavy atom. The Morgan fingerprint density at radius 3 is 2.56 bits per heavy atom. The molecule has 0 aliphatic carbocycles. The average molecular weight is 343 g/mol. The Kier molecular flexibility index (Phi) is 4.34. The van der Waals surface area contributed by atoms with Gasteiger partial charge >= 0.3 is 5.97 Å². The first-order valence-corrected chi connectivity index (χ1v) is 7.36. The van der Waals surface area contributed by atoms with E-state index < -0.39 is 11.9 Å². The molecule has 0 fully saturated rings. The van der Waals surface area contributed by atoms with Crippen LogP contribution in [0.5, 0.6) is 0 Å². The van der Waals surface area contributed by atoms with E-state index in [4.69, 9.17) is 9.52 Å². The number of nitrogens with zero attached hydrogens (tertiary/aromatic N) is 2. The Morgan fingerprint density at radius 2 is 1.96 bits per heavy atom. The van der Waals surface area contributed by atoms with Gasteiger partial charge in [-0.3, -0.25) is 4.79 Å². The number of carboxylic acid groups (broad SMARTS) is 1. The lowest BCUT2D eigenvalue weighted by Gasteiger charge is -2.08. The zero-order chi connectivity index (χ0) is 18.0. The molecule has 0 saturated carbocycles. The smallest absolute Gasteiger partial charge is 0.356 e. The lowest BCUT2D eigenvalue weighted by atomic mass is 10.2. The first-order valence-electron chi connectivity index (χ1n) is 7.36. The predicted octanol–water partition coefficient (Wildman–Crippen LogP) is 2.92. The highest BCUT2D eigenvalue weighted by Crippen LogP contribution is 2.16. The molecule has 0 spiro atoms. The van der Waals surface area contributed by atoms with Crippen LogP contribution in [0.1, 0.15) is 32.4 Å². The number of carbonyl (C=O) groups is 2. The summed E-state index contributed by atoms with van der Waals surface area (Å²) in [6, 6.07) is 10.1. The minimum absolute atomic E-state index is 0.101. The summed E-state index contributed by atoms with van der Waals surface area (Å²) in [4.78, 5) is 23.4. The first kappa shape index (κ1) is 16.4. The molecule has 2 heterocycles. The van der Waals surface area contributed by atoms with Gasteiger partial charge in [0.2, 0.25) is 0 Å². The number of hydrogen-bond donors (Lipinski definition) is 2. The van der Waals surface area contributed by atoms with E-state index in [1.54, 1.807) is 25.1 Å². The number of rotatable bonds is 5. The number of carboxylic acids is 1. The number of amides is 1. The number of halogens is 1. The van der Waals surface area contributed by atoms with Crippen molar-refractivity contribution in [1.82, 2.24) is 9.78 Å². The highest BCUT2D eigenvalue weighted by Gasteiger charge is 2.17. The van der Waals surface area contributed by atoms with Crippen molar-refractivity contribution in [3.63, 3.8) is 0 Å². The molecule has 0 aliphatic rings. The molecule has 8 heteroatoms. The molecule has 2 aromatic heterocycles. The summed E-state index contributed by atoms with van der Waals surface area (Å²) in [5.74, 6) is -1.24. The predicted molar refractivity (Wildman–Crippen MR) is 86.1 cm³/mol. The van der Waals surface area contributed by atoms with Crippen LogP contribution in [-0.2, 0) is 6.54 Å². The van der Waals surface area contributed by atoms with Crippen LogP contribution in [0.25, 0.3) is 0 Å². The van der Waals surface area contributed by atoms with Crippen LogP contribution in [0.3, 0.4) is 0 Å². The van der Waals surface area contributed by atoms with E-state index in [-0.39, 0.29) is 29.6 Å². The molecule has 0 atom stereocenters. The van der Waals surface area contributed by atoms with E-state index in [9.17, 15) is 14.0 Å². The van der Waals surface area contributed by atoms with Crippen molar-refractivity contribution in [3.05, 3.63) is 71.1 Å². The van der Waals surface area contributed by atoms with E-state index in [0.717, 1.165) is 0 Å². The number of anilines is 1. The van der Waals surface area contributed by atoms with Crippen LogP contribution in [-0.4, -0.2) is 26.8 Å². The van der Waals surface area contributed by atoms with Crippen molar-refractivity contribution in [3.8, 4) is 0 Å². The maximum atomic E-state index is 13.0. The normalized spacial score (nSPS) is 10.6. The van der Waals surface area contributed by atoms with Gasteiger partial charge < -0.3 is 14.8 Å². The molecule has 1 aromatic carbocycles. The third kappa shape index (κ3) is 3.74. The maximum Gasteiger partial charge on any atom is 0.356 e. The van der Waals surface area contributed by atoms with Crippen LogP contribution in [0, 0.1) is 12.7 Å². The summed E-state index contributed by atoms with van der Waals surface area (Å²) >= 11 is 0. The van der Waals surface area contributed by atoms with Gasteiger partial charge in [-0.2, -0.15) is 5.10 Å². The molecular weight excluding hydrogens is 329 g/mol. The fourth-order valence-corrected chi connectivity index (χ4v) is 2.24. The fourth-order valence-electron chi connectivity index (χ4n) is 2.24. The standard InChI is InChI=1S/C17H14FN3O4/c1-10-2-7-14(25-10)16(22)19-15-8-13(17(23)24)20-21(15)9-11-3-5-12(18)6-4-11/h2-8H,9H2,1H3,(H,19,22)(H,23,24). The molecule has 0 unspecified atom stereocenters. The minimum atomic E-state index is -1.22. The number of aromatic nitrogens is 2. The van der Waals surface area contributed by atoms with Crippen molar-refractivity contribution >= 4 is 17.7 Å². The molecular formula is C17H14FN3O4. The molecule has 0 aliphatic heterocycles. The highest BCUT2D eigenvalue weighted by atomic mass is 19.1. The van der Waals surface area contributed by atoms with Gasteiger partial charge in [-0.25, -0.2) is 13.9 Å². The third-order valence-corrected chi connectivity index (χ3v) is 3.45. The molecule has 0 saturated heterocycles. The number of aromatic carboxylic acids is 1. The van der Waals surface area contributed by atoms with Crippen molar-refractivity contribution in [2.24, 2.45) is 0 Å². The first-order chi connectivity index (χ1) is 11.9. The Bertz CT molecular complexity index is 928. The van der Waals surface area contributed by atoms with Gasteiger partial charge in [0.15, 0.2) is 11.5 Å². The number of aryl methyl sites for hydroxylation is 1. The average Bonchev–Trinajstić information content (AvgIpc) is 3.17. The summed E-state index contributed by atoms with van der Waals surface area (Å²) in [5.41, 5.74) is 0.485. The number of carbonyl (C=O) groups excluding carboxylic acids is 1. The summed E-state index contributed by atoms with van der Waals surface area (Å²) in [6.07, 6.45) is 0. The highest BCUT2D eigenvalue weighted by molar-refractivity contribution is 6.02. The van der Waals surface area contributed by atoms with Gasteiger partial charge in [0.05, 0.1) is 6.54 Å². The van der Waals surface area contributed by atoms with Crippen LogP contribution >= 0.6 is 0 Å². The summed E-state index contributed by atoms with van der Waals surface area (Å²) in [5, 5.41) is 15.7. The second-order valence-corrected chi connectivity index (χ2v) is 5.37. The monoisotopic (exact) mass is 343 g/mol. The van der Waals surface area contributed by atoms with Crippen molar-refractivity contribution < 1.29 is 23.5 Å². The van der Waals surface area contributed by atoms with E-state index in [1.807, 2.05) is 0 Å². The van der Waals surface area contributed by atoms with E-state index in [2.05, 4.69) is 10.4 Å². The summed E-state index contributed by atoms with van der Waals surface area (Å²) < 4.78 is 19.6. The SMILES string of the molecule is Cc1ccc(C(=O)Nc2cc(C(=O)O)nn2Cc2ccc(F)cc2)o1. The quantitative estimate of drug-likeness (QED) is 0.742. The molecule has 1 amide bonds. The van der Waals surface area contributed by atoms with Gasteiger partial charge in [0, 0.05) is 6.07 Å². The van der Waals surface area contributed by atoms with Gasteiger partial charge in [0.1, 0.15) is 17.4 Å².